The molecule has 0 saturated carbocycles. The molecule has 1 aromatic heterocycles. The summed E-state index contributed by atoms with van der Waals surface area (Å²) in [5.41, 5.74) is -0.334. The summed E-state index contributed by atoms with van der Waals surface area (Å²) in [6, 6.07) is 1.39. The van der Waals surface area contributed by atoms with Crippen molar-refractivity contribution in [3.05, 3.63) is 39.7 Å². The Bertz CT molecular complexity index is 629. The molecule has 1 aliphatic heterocycles. The second-order valence-electron chi connectivity index (χ2n) is 6.21. The Kier molecular flexibility index (Phi) is 3.95. The Morgan fingerprint density at radius 3 is 2.29 bits per heavy atom. The van der Waals surface area contributed by atoms with Gasteiger partial charge in [-0.25, -0.2) is 0 Å². The second kappa shape index (κ2) is 5.28. The van der Waals surface area contributed by atoms with Crippen molar-refractivity contribution in [2.24, 2.45) is 0 Å². The first-order chi connectivity index (χ1) is 9.62. The number of H-pyrrole nitrogens is 1. The molecule has 5 nitrogen and oxygen atoms in total. The number of hydrogen-bond acceptors (Lipinski definition) is 4. The molecule has 1 fully saturated rings. The van der Waals surface area contributed by atoms with E-state index in [0.29, 0.717) is 5.69 Å². The predicted octanol–water partition coefficient (Wildman–Crippen LogP) is 2.22. The van der Waals surface area contributed by atoms with Gasteiger partial charge in [0.25, 0.3) is 0 Å². The largest absolute Gasteiger partial charge is 0.487 e. The van der Waals surface area contributed by atoms with Gasteiger partial charge in [-0.15, -0.1) is 0 Å². The summed E-state index contributed by atoms with van der Waals surface area (Å²) in [5, 5.41) is 0. The van der Waals surface area contributed by atoms with Crippen LogP contribution in [-0.2, 0) is 9.31 Å². The first kappa shape index (κ1) is 15.7. The molecule has 0 unspecified atom stereocenters. The lowest BCUT2D eigenvalue weighted by atomic mass is 9.89. The van der Waals surface area contributed by atoms with Crippen molar-refractivity contribution in [2.45, 2.75) is 45.8 Å². The third kappa shape index (κ3) is 3.17. The van der Waals surface area contributed by atoms with Gasteiger partial charge in [0.15, 0.2) is 11.2 Å². The molecule has 0 aliphatic carbocycles. The molecule has 0 spiro atoms. The minimum atomic E-state index is -0.467. The number of hydrogen-bond donors (Lipinski definition) is 1. The molecule has 0 aromatic carbocycles. The van der Waals surface area contributed by atoms with E-state index in [1.807, 2.05) is 27.7 Å². The van der Waals surface area contributed by atoms with Gasteiger partial charge in [-0.05, 0) is 40.7 Å². The van der Waals surface area contributed by atoms with E-state index >= 15 is 0 Å². The fourth-order valence-corrected chi connectivity index (χ4v) is 2.01. The second-order valence-corrected chi connectivity index (χ2v) is 6.21. The lowest BCUT2D eigenvalue weighted by molar-refractivity contribution is 0.00578. The topological polar surface area (TPSA) is 68.4 Å². The number of carbonyl (C=O) groups excluding carboxylic acids is 1. The highest BCUT2D eigenvalue weighted by atomic mass is 16.7. The Hall–Kier alpha value is -1.66. The quantitative estimate of drug-likeness (QED) is 0.684. The summed E-state index contributed by atoms with van der Waals surface area (Å²) in [4.78, 5) is 25.9. The van der Waals surface area contributed by atoms with Crippen LogP contribution in [0.25, 0.3) is 6.08 Å². The smallest absolute Gasteiger partial charge is 0.400 e. The number of pyridine rings is 1. The molecule has 1 aromatic rings. The Labute approximate surface area is 124 Å². The SMILES string of the molecule is CC(=O)c1c[nH]c(/C=C/B2OC(C)(C)C(C)(C)O2)cc1=O. The first-order valence-corrected chi connectivity index (χ1v) is 6.90. The normalized spacial score (nSPS) is 20.1. The molecule has 0 atom stereocenters. The maximum Gasteiger partial charge on any atom is 0.487 e. The zero-order valence-electron chi connectivity index (χ0n) is 13.0. The summed E-state index contributed by atoms with van der Waals surface area (Å²) in [5.74, 6) is 1.49. The van der Waals surface area contributed by atoms with Gasteiger partial charge in [-0.2, -0.15) is 0 Å². The van der Waals surface area contributed by atoms with E-state index in [2.05, 4.69) is 4.98 Å². The van der Waals surface area contributed by atoms with Gasteiger partial charge in [0.2, 0.25) is 0 Å². The van der Waals surface area contributed by atoms with Gasteiger partial charge in [0.05, 0.1) is 16.8 Å². The van der Waals surface area contributed by atoms with Crippen molar-refractivity contribution in [3.8, 4) is 0 Å². The van der Waals surface area contributed by atoms with Crippen LogP contribution in [0.15, 0.2) is 23.0 Å². The molecule has 112 valence electrons. The molecule has 2 heterocycles. The summed E-state index contributed by atoms with van der Waals surface area (Å²) < 4.78 is 11.6. The number of aromatic nitrogens is 1. The number of aromatic amines is 1. The third-order valence-electron chi connectivity index (χ3n) is 4.02. The van der Waals surface area contributed by atoms with Crippen LogP contribution >= 0.6 is 0 Å². The molecule has 1 saturated heterocycles. The summed E-state index contributed by atoms with van der Waals surface area (Å²) in [6.07, 6.45) is 3.14. The van der Waals surface area contributed by atoms with Crippen LogP contribution in [0.5, 0.6) is 0 Å². The summed E-state index contributed by atoms with van der Waals surface area (Å²) in [7, 11) is -0.467. The number of carbonyl (C=O) groups is 1. The summed E-state index contributed by atoms with van der Waals surface area (Å²) >= 11 is 0. The van der Waals surface area contributed by atoms with Crippen LogP contribution in [0.4, 0.5) is 0 Å². The molecule has 1 aliphatic rings. The van der Waals surface area contributed by atoms with Gasteiger partial charge in [0.1, 0.15) is 0 Å². The average Bonchev–Trinajstić information content (AvgIpc) is 2.55. The number of Topliss-reactive ketones (excluding diaryl/α,β-unsaturated/α-hetero) is 1. The zero-order chi connectivity index (χ0) is 15.8. The van der Waals surface area contributed by atoms with E-state index in [4.69, 9.17) is 9.31 Å². The van der Waals surface area contributed by atoms with Crippen molar-refractivity contribution in [2.75, 3.05) is 0 Å². The molecule has 0 radical (unpaired) electrons. The Balaban J connectivity index is 2.15. The van der Waals surface area contributed by atoms with Gasteiger partial charge < -0.3 is 14.3 Å². The van der Waals surface area contributed by atoms with E-state index in [1.165, 1.54) is 19.2 Å². The van der Waals surface area contributed by atoms with E-state index in [0.717, 1.165) is 0 Å². The first-order valence-electron chi connectivity index (χ1n) is 6.90. The van der Waals surface area contributed by atoms with Gasteiger partial charge in [-0.3, -0.25) is 9.59 Å². The molecule has 1 N–H and O–H groups in total. The monoisotopic (exact) mass is 289 g/mol. The minimum absolute atomic E-state index is 0.155. The van der Waals surface area contributed by atoms with Crippen molar-refractivity contribution >= 4 is 19.0 Å². The minimum Gasteiger partial charge on any atom is -0.400 e. The van der Waals surface area contributed by atoms with Crippen LogP contribution in [-0.4, -0.2) is 29.1 Å². The highest BCUT2D eigenvalue weighted by Gasteiger charge is 2.49. The maximum absolute atomic E-state index is 11.7. The molecular formula is C15H20BNO4. The van der Waals surface area contributed by atoms with E-state index in [9.17, 15) is 9.59 Å². The standard InChI is InChI=1S/C15H20BNO4/c1-10(18)12-9-17-11(8-13(12)19)6-7-16-20-14(2,3)15(4,5)21-16/h6-9H,1-5H3,(H,17,19)/b7-6+. The lowest BCUT2D eigenvalue weighted by Gasteiger charge is -2.32. The van der Waals surface area contributed by atoms with E-state index in [-0.39, 0.29) is 16.8 Å². The van der Waals surface area contributed by atoms with Crippen LogP contribution in [0.1, 0.15) is 50.7 Å². The highest BCUT2D eigenvalue weighted by Crippen LogP contribution is 2.36. The van der Waals surface area contributed by atoms with E-state index < -0.39 is 18.3 Å². The van der Waals surface area contributed by atoms with Crippen LogP contribution < -0.4 is 5.43 Å². The van der Waals surface area contributed by atoms with Crippen molar-refractivity contribution < 1.29 is 14.1 Å². The number of nitrogens with one attached hydrogen (secondary N) is 1. The van der Waals surface area contributed by atoms with Crippen LogP contribution in [0, 0.1) is 0 Å². The molecule has 2 rings (SSSR count). The molecular weight excluding hydrogens is 269 g/mol. The van der Waals surface area contributed by atoms with Crippen molar-refractivity contribution in [1.29, 1.82) is 0 Å². The number of rotatable bonds is 3. The van der Waals surface area contributed by atoms with E-state index in [1.54, 1.807) is 12.1 Å². The van der Waals surface area contributed by atoms with Crippen molar-refractivity contribution in [1.82, 2.24) is 4.98 Å². The molecule has 6 heteroatoms. The van der Waals surface area contributed by atoms with Crippen molar-refractivity contribution in [3.63, 3.8) is 0 Å². The van der Waals surface area contributed by atoms with Gasteiger partial charge >= 0.3 is 7.12 Å². The van der Waals surface area contributed by atoms with Crippen LogP contribution in [0.2, 0.25) is 0 Å². The Morgan fingerprint density at radius 2 is 1.81 bits per heavy atom. The molecule has 0 bridgehead atoms. The number of ketones is 1. The predicted molar refractivity (Wildman–Crippen MR) is 82.2 cm³/mol. The Morgan fingerprint density at radius 1 is 1.24 bits per heavy atom. The fraction of sp³-hybridized carbons (Fsp3) is 0.467. The fourth-order valence-electron chi connectivity index (χ4n) is 2.01. The van der Waals surface area contributed by atoms with Gasteiger partial charge in [-0.1, -0.05) is 5.98 Å². The average molecular weight is 289 g/mol. The molecule has 21 heavy (non-hydrogen) atoms. The third-order valence-corrected chi connectivity index (χ3v) is 4.02. The lowest BCUT2D eigenvalue weighted by Crippen LogP contribution is -2.41. The van der Waals surface area contributed by atoms with Gasteiger partial charge in [0, 0.05) is 18.0 Å². The molecule has 0 amide bonds. The highest BCUT2D eigenvalue weighted by molar-refractivity contribution is 6.52. The summed E-state index contributed by atoms with van der Waals surface area (Å²) in [6.45, 7) is 9.27. The van der Waals surface area contributed by atoms with Crippen LogP contribution in [0.3, 0.4) is 0 Å². The zero-order valence-corrected chi connectivity index (χ0v) is 13.0. The maximum atomic E-state index is 11.7.